The Labute approximate surface area is 217 Å². The Kier molecular flexibility index (Phi) is 6.78. The third-order valence-electron chi connectivity index (χ3n) is 7.33. The standard InChI is InChI=1S/C30H32N6O/c37-30(12-5-22-3-4-22)33-26-9-6-24(7-10-26)25-8-11-27-28(18-25)34-29(20-32-27)36-16-14-35(15-17-36)21-23-2-1-13-31-19-23/h1-2,6-11,13,18-20,22H,3-5,12,14-17,21H2,(H,33,37). The van der Waals surface area contributed by atoms with Crippen LogP contribution in [-0.4, -0.2) is 51.9 Å². The molecule has 1 amide bonds. The Morgan fingerprint density at radius 3 is 2.49 bits per heavy atom. The SMILES string of the molecule is O=C(CCC1CC1)Nc1ccc(-c2ccc3ncc(N4CCN(Cc5cccnc5)CC4)nc3c2)cc1. The Hall–Kier alpha value is -3.84. The summed E-state index contributed by atoms with van der Waals surface area (Å²) in [6, 6.07) is 18.4. The van der Waals surface area contributed by atoms with Gasteiger partial charge in [0, 0.05) is 57.2 Å². The van der Waals surface area contributed by atoms with Crippen LogP contribution < -0.4 is 10.2 Å². The molecule has 2 aromatic carbocycles. The molecule has 1 N–H and O–H groups in total. The molecule has 7 heteroatoms. The molecule has 0 bridgehead atoms. The molecule has 2 fully saturated rings. The lowest BCUT2D eigenvalue weighted by molar-refractivity contribution is -0.116. The van der Waals surface area contributed by atoms with Gasteiger partial charge in [0.1, 0.15) is 5.82 Å². The molecule has 0 radical (unpaired) electrons. The summed E-state index contributed by atoms with van der Waals surface area (Å²) in [4.78, 5) is 30.8. The van der Waals surface area contributed by atoms with Gasteiger partial charge in [-0.25, -0.2) is 4.98 Å². The van der Waals surface area contributed by atoms with Crippen molar-refractivity contribution in [1.82, 2.24) is 19.9 Å². The van der Waals surface area contributed by atoms with E-state index in [1.54, 1.807) is 0 Å². The van der Waals surface area contributed by atoms with Crippen molar-refractivity contribution in [3.63, 3.8) is 0 Å². The normalized spacial score (nSPS) is 16.2. The van der Waals surface area contributed by atoms with E-state index in [9.17, 15) is 4.79 Å². The average molecular weight is 493 g/mol. The summed E-state index contributed by atoms with van der Waals surface area (Å²) in [5, 5.41) is 3.02. The predicted octanol–water partition coefficient (Wildman–Crippen LogP) is 5.14. The zero-order chi connectivity index (χ0) is 25.0. The van der Waals surface area contributed by atoms with Gasteiger partial charge in [0.15, 0.2) is 0 Å². The van der Waals surface area contributed by atoms with Gasteiger partial charge >= 0.3 is 0 Å². The van der Waals surface area contributed by atoms with Gasteiger partial charge < -0.3 is 10.2 Å². The first-order valence-corrected chi connectivity index (χ1v) is 13.2. The van der Waals surface area contributed by atoms with Crippen molar-refractivity contribution >= 4 is 28.4 Å². The third-order valence-corrected chi connectivity index (χ3v) is 7.33. The van der Waals surface area contributed by atoms with Crippen LogP contribution in [0, 0.1) is 5.92 Å². The van der Waals surface area contributed by atoms with Crippen LogP contribution in [0.3, 0.4) is 0 Å². The minimum absolute atomic E-state index is 0.103. The molecule has 1 aliphatic carbocycles. The van der Waals surface area contributed by atoms with Gasteiger partial charge in [-0.3, -0.25) is 19.7 Å². The van der Waals surface area contributed by atoms with Gasteiger partial charge in [-0.1, -0.05) is 37.1 Å². The van der Waals surface area contributed by atoms with Crippen molar-refractivity contribution < 1.29 is 4.79 Å². The van der Waals surface area contributed by atoms with E-state index in [-0.39, 0.29) is 5.91 Å². The predicted molar refractivity (Wildman–Crippen MR) is 147 cm³/mol. The molecular formula is C30H32N6O. The lowest BCUT2D eigenvalue weighted by atomic mass is 10.0. The second-order valence-electron chi connectivity index (χ2n) is 10.2. The van der Waals surface area contributed by atoms with Crippen molar-refractivity contribution in [3.8, 4) is 11.1 Å². The Balaban J connectivity index is 1.10. The third kappa shape index (κ3) is 5.94. The van der Waals surface area contributed by atoms with Crippen molar-refractivity contribution in [2.75, 3.05) is 36.4 Å². The Bertz CT molecular complexity index is 1360. The number of hydrogen-bond donors (Lipinski definition) is 1. The van der Waals surface area contributed by atoms with Crippen molar-refractivity contribution in [2.24, 2.45) is 5.92 Å². The van der Waals surface area contributed by atoms with Crippen LogP contribution in [0.25, 0.3) is 22.2 Å². The molecule has 1 saturated carbocycles. The number of piperazine rings is 1. The summed E-state index contributed by atoms with van der Waals surface area (Å²) < 4.78 is 0. The minimum atomic E-state index is 0.103. The number of pyridine rings is 1. The fraction of sp³-hybridized carbons (Fsp3) is 0.333. The molecule has 1 aliphatic heterocycles. The van der Waals surface area contributed by atoms with E-state index in [0.29, 0.717) is 6.42 Å². The number of hydrogen-bond acceptors (Lipinski definition) is 6. The number of aromatic nitrogens is 3. The summed E-state index contributed by atoms with van der Waals surface area (Å²) in [7, 11) is 0. The molecule has 1 saturated heterocycles. The Morgan fingerprint density at radius 1 is 0.919 bits per heavy atom. The van der Waals surface area contributed by atoms with Gasteiger partial charge in [0.25, 0.3) is 0 Å². The molecule has 2 aromatic heterocycles. The topological polar surface area (TPSA) is 74.2 Å². The van der Waals surface area contributed by atoms with E-state index < -0.39 is 0 Å². The summed E-state index contributed by atoms with van der Waals surface area (Å²) >= 11 is 0. The first kappa shape index (κ1) is 23.6. The fourth-order valence-electron chi connectivity index (χ4n) is 4.93. The van der Waals surface area contributed by atoms with E-state index in [4.69, 9.17) is 4.98 Å². The highest BCUT2D eigenvalue weighted by Crippen LogP contribution is 2.33. The number of anilines is 2. The molecule has 37 heavy (non-hydrogen) atoms. The van der Waals surface area contributed by atoms with Crippen molar-refractivity contribution in [3.05, 3.63) is 78.8 Å². The van der Waals surface area contributed by atoms with Crippen LogP contribution in [0.5, 0.6) is 0 Å². The summed E-state index contributed by atoms with van der Waals surface area (Å²) in [6.07, 6.45) is 9.82. The molecule has 188 valence electrons. The monoisotopic (exact) mass is 492 g/mol. The zero-order valence-electron chi connectivity index (χ0n) is 21.0. The smallest absolute Gasteiger partial charge is 0.224 e. The highest BCUT2D eigenvalue weighted by molar-refractivity contribution is 5.91. The van der Waals surface area contributed by atoms with Gasteiger partial charge in [-0.15, -0.1) is 0 Å². The number of carbonyl (C=O) groups excluding carboxylic acids is 1. The first-order valence-electron chi connectivity index (χ1n) is 13.2. The average Bonchev–Trinajstić information content (AvgIpc) is 3.78. The maximum absolute atomic E-state index is 12.2. The number of nitrogens with one attached hydrogen (secondary N) is 1. The maximum atomic E-state index is 12.2. The largest absolute Gasteiger partial charge is 0.353 e. The summed E-state index contributed by atoms with van der Waals surface area (Å²) in [6.45, 7) is 4.75. The van der Waals surface area contributed by atoms with E-state index in [1.165, 1.54) is 18.4 Å². The molecular weight excluding hydrogens is 460 g/mol. The molecule has 2 aliphatic rings. The number of fused-ring (bicyclic) bond motifs is 1. The molecule has 6 rings (SSSR count). The van der Waals surface area contributed by atoms with E-state index in [2.05, 4.69) is 55.4 Å². The highest BCUT2D eigenvalue weighted by atomic mass is 16.1. The lowest BCUT2D eigenvalue weighted by Crippen LogP contribution is -2.46. The van der Waals surface area contributed by atoms with Crippen molar-refractivity contribution in [2.45, 2.75) is 32.2 Å². The molecule has 0 unspecified atom stereocenters. The highest BCUT2D eigenvalue weighted by Gasteiger charge is 2.22. The van der Waals surface area contributed by atoms with Crippen LogP contribution in [0.2, 0.25) is 0 Å². The van der Waals surface area contributed by atoms with Gasteiger partial charge in [0.2, 0.25) is 5.91 Å². The van der Waals surface area contributed by atoms with Gasteiger partial charge in [-0.05, 0) is 59.4 Å². The van der Waals surface area contributed by atoms with E-state index >= 15 is 0 Å². The first-order chi connectivity index (χ1) is 18.2. The second-order valence-corrected chi connectivity index (χ2v) is 10.2. The molecule has 0 atom stereocenters. The van der Waals surface area contributed by atoms with Gasteiger partial charge in [0.05, 0.1) is 17.2 Å². The fourth-order valence-corrected chi connectivity index (χ4v) is 4.93. The molecule has 7 nitrogen and oxygen atoms in total. The zero-order valence-corrected chi connectivity index (χ0v) is 21.0. The second kappa shape index (κ2) is 10.6. The number of benzene rings is 2. The number of carbonyl (C=O) groups is 1. The lowest BCUT2D eigenvalue weighted by Gasteiger charge is -2.35. The molecule has 0 spiro atoms. The maximum Gasteiger partial charge on any atom is 0.224 e. The Morgan fingerprint density at radius 2 is 1.73 bits per heavy atom. The summed E-state index contributed by atoms with van der Waals surface area (Å²) in [5.74, 6) is 1.80. The number of nitrogens with zero attached hydrogens (tertiary/aromatic N) is 5. The van der Waals surface area contributed by atoms with Crippen molar-refractivity contribution in [1.29, 1.82) is 0 Å². The summed E-state index contributed by atoms with van der Waals surface area (Å²) in [5.41, 5.74) is 6.06. The van der Waals surface area contributed by atoms with Crippen LogP contribution in [0.15, 0.2) is 73.2 Å². The van der Waals surface area contributed by atoms with E-state index in [0.717, 1.165) is 78.7 Å². The quantitative estimate of drug-likeness (QED) is 0.367. The van der Waals surface area contributed by atoms with Gasteiger partial charge in [-0.2, -0.15) is 0 Å². The molecule has 4 aromatic rings. The number of rotatable bonds is 8. The minimum Gasteiger partial charge on any atom is -0.353 e. The van der Waals surface area contributed by atoms with Crippen LogP contribution in [0.4, 0.5) is 11.5 Å². The van der Waals surface area contributed by atoms with E-state index in [1.807, 2.05) is 42.9 Å². The van der Waals surface area contributed by atoms with Crippen LogP contribution in [0.1, 0.15) is 31.2 Å². The van der Waals surface area contributed by atoms with Crippen LogP contribution >= 0.6 is 0 Å². The molecule has 3 heterocycles. The number of amides is 1. The van der Waals surface area contributed by atoms with Crippen LogP contribution in [-0.2, 0) is 11.3 Å².